The van der Waals surface area contributed by atoms with Crippen molar-refractivity contribution in [3.8, 4) is 0 Å². The molecule has 3 nitrogen and oxygen atoms in total. The molecule has 1 saturated carbocycles. The lowest BCUT2D eigenvalue weighted by Gasteiger charge is -2.13. The molecule has 1 fully saturated rings. The van der Waals surface area contributed by atoms with Gasteiger partial charge in [0.2, 0.25) is 6.41 Å². The van der Waals surface area contributed by atoms with E-state index in [2.05, 4.69) is 31.1 Å². The largest absolute Gasteiger partial charge is 0.305 e. The third-order valence-electron chi connectivity index (χ3n) is 2.96. The Labute approximate surface area is 114 Å². The molecule has 1 N–H and O–H groups in total. The first-order chi connectivity index (χ1) is 8.54. The van der Waals surface area contributed by atoms with Gasteiger partial charge in [-0.25, -0.2) is 4.98 Å². The minimum Gasteiger partial charge on any atom is -0.305 e. The van der Waals surface area contributed by atoms with Crippen molar-refractivity contribution in [2.75, 3.05) is 5.32 Å². The average molecular weight is 268 g/mol. The van der Waals surface area contributed by atoms with Crippen molar-refractivity contribution in [1.29, 1.82) is 0 Å². The zero-order valence-corrected chi connectivity index (χ0v) is 12.5. The lowest BCUT2D eigenvalue weighted by atomic mass is 9.93. The van der Waals surface area contributed by atoms with Crippen LogP contribution in [-0.4, -0.2) is 11.4 Å². The highest BCUT2D eigenvalue weighted by Crippen LogP contribution is 2.25. The summed E-state index contributed by atoms with van der Waals surface area (Å²) in [5.41, 5.74) is 1.07. The van der Waals surface area contributed by atoms with Gasteiger partial charge in [0.1, 0.15) is 0 Å². The molecular formula is C14H24N2OS. The van der Waals surface area contributed by atoms with Gasteiger partial charge in [0.25, 0.3) is 0 Å². The van der Waals surface area contributed by atoms with Crippen LogP contribution >= 0.6 is 11.3 Å². The first-order valence-corrected chi connectivity index (χ1v) is 7.58. The van der Waals surface area contributed by atoms with E-state index in [0.29, 0.717) is 11.5 Å². The van der Waals surface area contributed by atoms with E-state index < -0.39 is 0 Å². The average Bonchev–Trinajstić information content (AvgIpc) is 2.81. The van der Waals surface area contributed by atoms with Gasteiger partial charge in [0, 0.05) is 10.8 Å². The summed E-state index contributed by atoms with van der Waals surface area (Å²) in [6.45, 7) is 6.27. The van der Waals surface area contributed by atoms with Gasteiger partial charge >= 0.3 is 0 Å². The summed E-state index contributed by atoms with van der Waals surface area (Å²) in [6, 6.07) is 0. The molecule has 1 aromatic heterocycles. The van der Waals surface area contributed by atoms with E-state index in [1.165, 1.54) is 49.9 Å². The molecule has 0 atom stereocenters. The van der Waals surface area contributed by atoms with Crippen molar-refractivity contribution in [1.82, 2.24) is 4.98 Å². The third kappa shape index (κ3) is 5.63. The van der Waals surface area contributed by atoms with Crippen molar-refractivity contribution >= 4 is 22.9 Å². The monoisotopic (exact) mass is 268 g/mol. The molecule has 1 aromatic rings. The van der Waals surface area contributed by atoms with Crippen LogP contribution in [-0.2, 0) is 10.2 Å². The predicted octanol–water partition coefficient (Wildman–Crippen LogP) is 4.35. The standard InChI is InChI=1S/C8H12N2OS.C6H12/c1-8(2,3)6-4-12-7(10-6)9-5-11;1-2-4-6-5-3-1/h4-5H,1-3H3,(H,9,10,11);1-6H2. The number of hydrogen-bond donors (Lipinski definition) is 1. The van der Waals surface area contributed by atoms with E-state index >= 15 is 0 Å². The molecule has 0 radical (unpaired) electrons. The molecule has 102 valence electrons. The molecule has 0 unspecified atom stereocenters. The summed E-state index contributed by atoms with van der Waals surface area (Å²) < 4.78 is 0. The van der Waals surface area contributed by atoms with Crippen LogP contribution in [0.2, 0.25) is 0 Å². The Balaban J connectivity index is 0.000000225. The van der Waals surface area contributed by atoms with Crippen molar-refractivity contribution in [2.45, 2.75) is 64.7 Å². The third-order valence-corrected chi connectivity index (χ3v) is 3.73. The maximum atomic E-state index is 10.1. The van der Waals surface area contributed by atoms with Gasteiger partial charge in [-0.05, 0) is 0 Å². The number of amides is 1. The minimum atomic E-state index is 0.0549. The van der Waals surface area contributed by atoms with Crippen LogP contribution < -0.4 is 5.32 Å². The van der Waals surface area contributed by atoms with E-state index in [4.69, 9.17) is 0 Å². The van der Waals surface area contributed by atoms with Gasteiger partial charge in [0.15, 0.2) is 5.13 Å². The van der Waals surface area contributed by atoms with Crippen LogP contribution in [0.25, 0.3) is 0 Å². The fraction of sp³-hybridized carbons (Fsp3) is 0.714. The molecule has 1 heterocycles. The molecule has 0 aromatic carbocycles. The number of hydrogen-bond acceptors (Lipinski definition) is 3. The summed E-state index contributed by atoms with van der Waals surface area (Å²) in [5, 5.41) is 5.15. The Kier molecular flexibility index (Phi) is 6.33. The molecule has 0 aliphatic heterocycles. The van der Waals surface area contributed by atoms with Crippen LogP contribution in [0.3, 0.4) is 0 Å². The van der Waals surface area contributed by atoms with Crippen molar-refractivity contribution < 1.29 is 4.79 Å². The Bertz CT molecular complexity index is 339. The molecule has 1 aliphatic rings. The Morgan fingerprint density at radius 1 is 1.17 bits per heavy atom. The molecule has 2 rings (SSSR count). The van der Waals surface area contributed by atoms with Crippen LogP contribution in [0.1, 0.15) is 65.0 Å². The lowest BCUT2D eigenvalue weighted by molar-refractivity contribution is -0.105. The van der Waals surface area contributed by atoms with Gasteiger partial charge in [-0.2, -0.15) is 0 Å². The van der Waals surface area contributed by atoms with E-state index in [1.807, 2.05) is 5.38 Å². The molecule has 4 heteroatoms. The van der Waals surface area contributed by atoms with Crippen LogP contribution in [0, 0.1) is 0 Å². The predicted molar refractivity (Wildman–Crippen MR) is 78.2 cm³/mol. The fourth-order valence-electron chi connectivity index (χ4n) is 1.80. The zero-order chi connectivity index (χ0) is 13.4. The molecule has 1 aliphatic carbocycles. The smallest absolute Gasteiger partial charge is 0.213 e. The second kappa shape index (κ2) is 7.52. The van der Waals surface area contributed by atoms with Gasteiger partial charge in [-0.3, -0.25) is 4.79 Å². The quantitative estimate of drug-likeness (QED) is 0.810. The number of carbonyl (C=O) groups is 1. The Morgan fingerprint density at radius 2 is 1.67 bits per heavy atom. The Hall–Kier alpha value is -0.900. The molecular weight excluding hydrogens is 244 g/mol. The second-order valence-corrected chi connectivity index (χ2v) is 6.53. The number of rotatable bonds is 2. The maximum absolute atomic E-state index is 10.1. The van der Waals surface area contributed by atoms with Crippen molar-refractivity contribution in [3.63, 3.8) is 0 Å². The van der Waals surface area contributed by atoms with E-state index in [0.717, 1.165) is 5.69 Å². The van der Waals surface area contributed by atoms with Gasteiger partial charge in [0.05, 0.1) is 5.69 Å². The van der Waals surface area contributed by atoms with E-state index in [1.54, 1.807) is 0 Å². The van der Waals surface area contributed by atoms with Crippen molar-refractivity contribution in [3.05, 3.63) is 11.1 Å². The number of aromatic nitrogens is 1. The summed E-state index contributed by atoms with van der Waals surface area (Å²) in [7, 11) is 0. The van der Waals surface area contributed by atoms with Gasteiger partial charge in [-0.1, -0.05) is 59.3 Å². The topological polar surface area (TPSA) is 42.0 Å². The van der Waals surface area contributed by atoms with Crippen LogP contribution in [0.4, 0.5) is 5.13 Å². The SMILES string of the molecule is C1CCCCC1.CC(C)(C)c1csc(NC=O)n1. The van der Waals surface area contributed by atoms with Gasteiger partial charge in [-0.15, -0.1) is 11.3 Å². The number of nitrogens with zero attached hydrogens (tertiary/aromatic N) is 1. The highest BCUT2D eigenvalue weighted by Gasteiger charge is 2.16. The second-order valence-electron chi connectivity index (χ2n) is 5.67. The van der Waals surface area contributed by atoms with E-state index in [-0.39, 0.29) is 5.41 Å². The molecule has 0 spiro atoms. The van der Waals surface area contributed by atoms with Crippen molar-refractivity contribution in [2.24, 2.45) is 0 Å². The highest BCUT2D eigenvalue weighted by atomic mass is 32.1. The lowest BCUT2D eigenvalue weighted by Crippen LogP contribution is -2.11. The zero-order valence-electron chi connectivity index (χ0n) is 11.7. The summed E-state index contributed by atoms with van der Waals surface area (Å²) >= 11 is 1.45. The first-order valence-electron chi connectivity index (χ1n) is 6.70. The van der Waals surface area contributed by atoms with E-state index in [9.17, 15) is 4.79 Å². The number of anilines is 1. The summed E-state index contributed by atoms with van der Waals surface area (Å²) in [4.78, 5) is 14.3. The number of carbonyl (C=O) groups excluding carboxylic acids is 1. The fourth-order valence-corrected chi connectivity index (χ4v) is 2.69. The first kappa shape index (κ1) is 15.2. The summed E-state index contributed by atoms with van der Waals surface area (Å²) in [5.74, 6) is 0. The molecule has 1 amide bonds. The molecule has 0 saturated heterocycles. The van der Waals surface area contributed by atoms with Crippen LogP contribution in [0.15, 0.2) is 5.38 Å². The summed E-state index contributed by atoms with van der Waals surface area (Å²) in [6.07, 6.45) is 9.64. The number of thiazole rings is 1. The molecule has 18 heavy (non-hydrogen) atoms. The highest BCUT2D eigenvalue weighted by molar-refractivity contribution is 7.13. The maximum Gasteiger partial charge on any atom is 0.213 e. The normalized spacial score (nSPS) is 15.5. The van der Waals surface area contributed by atoms with Crippen LogP contribution in [0.5, 0.6) is 0 Å². The minimum absolute atomic E-state index is 0.0549. The Morgan fingerprint density at radius 3 is 2.00 bits per heavy atom. The van der Waals surface area contributed by atoms with Gasteiger partial charge < -0.3 is 5.32 Å². The molecule has 0 bridgehead atoms. The number of nitrogens with one attached hydrogen (secondary N) is 1.